The van der Waals surface area contributed by atoms with Crippen LogP contribution < -0.4 is 20.4 Å². The maximum absolute atomic E-state index is 6.71. The van der Waals surface area contributed by atoms with Gasteiger partial charge in [-0.2, -0.15) is 4.40 Å². The zero-order chi connectivity index (χ0) is 23.5. The topological polar surface area (TPSA) is 9.03 Å². The lowest BCUT2D eigenvalue weighted by atomic mass is 10.1. The lowest BCUT2D eigenvalue weighted by Gasteiger charge is -2.21. The first-order valence-electron chi connectivity index (χ1n) is 11.9. The minimum Gasteiger partial charge on any atom is -0.227 e. The number of hydrogen-bond acceptors (Lipinski definition) is 1. The van der Waals surface area contributed by atoms with Gasteiger partial charge in [0, 0.05) is 13.0 Å². The van der Waals surface area contributed by atoms with Gasteiger partial charge in [-0.05, 0) is 42.0 Å². The van der Waals surface area contributed by atoms with Crippen LogP contribution in [0.2, 0.25) is 0 Å². The summed E-state index contributed by atoms with van der Waals surface area (Å²) in [6.45, 7) is 5.38. The van der Waals surface area contributed by atoms with E-state index in [-0.39, 0.29) is 0 Å². The van der Waals surface area contributed by atoms with Crippen LogP contribution in [-0.2, 0) is 24.8 Å². The van der Waals surface area contributed by atoms with Crippen LogP contribution in [0.3, 0.4) is 0 Å². The molecule has 0 N–H and O–H groups in total. The van der Waals surface area contributed by atoms with Crippen molar-refractivity contribution in [1.29, 1.82) is 0 Å². The SMILES string of the molecule is Cc1cccc(CCCn2c(C)c(P(=S)(c3ccccc3)c3ccccc3)[n+]3ccccc23)c1. The third kappa shape index (κ3) is 4.15. The van der Waals surface area contributed by atoms with Crippen molar-refractivity contribution in [3.05, 3.63) is 126 Å². The zero-order valence-corrected chi connectivity index (χ0v) is 21.5. The second-order valence-electron chi connectivity index (χ2n) is 8.86. The van der Waals surface area contributed by atoms with Crippen LogP contribution in [-0.4, -0.2) is 4.57 Å². The lowest BCUT2D eigenvalue weighted by Crippen LogP contribution is -2.42. The number of fused-ring (bicyclic) bond motifs is 1. The number of aromatic nitrogens is 2. The highest BCUT2D eigenvalue weighted by molar-refractivity contribution is 8.25. The number of imidazole rings is 1. The summed E-state index contributed by atoms with van der Waals surface area (Å²) in [6, 6.07) is 34.5. The van der Waals surface area contributed by atoms with Crippen molar-refractivity contribution in [3.63, 3.8) is 0 Å². The molecule has 0 saturated heterocycles. The highest BCUT2D eigenvalue weighted by atomic mass is 32.4. The van der Waals surface area contributed by atoms with Crippen molar-refractivity contribution in [2.24, 2.45) is 0 Å². The van der Waals surface area contributed by atoms with E-state index in [2.05, 4.69) is 132 Å². The van der Waals surface area contributed by atoms with Crippen LogP contribution in [0.15, 0.2) is 109 Å². The molecule has 5 rings (SSSR count). The molecule has 0 atom stereocenters. The Bertz CT molecular complexity index is 1430. The Balaban J connectivity index is 1.63. The van der Waals surface area contributed by atoms with Crippen LogP contribution in [0.4, 0.5) is 0 Å². The van der Waals surface area contributed by atoms with Crippen molar-refractivity contribution in [1.82, 2.24) is 4.57 Å². The Kier molecular flexibility index (Phi) is 6.50. The van der Waals surface area contributed by atoms with E-state index in [4.69, 9.17) is 11.8 Å². The molecule has 3 aromatic carbocycles. The first-order chi connectivity index (χ1) is 16.6. The molecule has 0 aliphatic rings. The molecule has 5 aromatic rings. The highest BCUT2D eigenvalue weighted by Crippen LogP contribution is 2.43. The fourth-order valence-electron chi connectivity index (χ4n) is 4.94. The molecule has 2 heterocycles. The standard InChI is InChI=1S/C30H30N2PS/c1-24-13-11-14-26(23-24)15-12-22-31-25(2)30(32-21-10-9-20-29(31)32)33(34,27-16-5-3-6-17-27)28-18-7-4-8-19-28/h3-11,13-14,16-21,23H,12,15,22H2,1-2H3/q+1. The molecule has 2 aromatic heterocycles. The summed E-state index contributed by atoms with van der Waals surface area (Å²) in [7, 11) is 0. The van der Waals surface area contributed by atoms with Crippen molar-refractivity contribution in [2.75, 3.05) is 0 Å². The van der Waals surface area contributed by atoms with Gasteiger partial charge in [0.2, 0.25) is 0 Å². The zero-order valence-electron chi connectivity index (χ0n) is 19.8. The number of pyridine rings is 1. The molecule has 170 valence electrons. The molecule has 0 aliphatic carbocycles. The minimum absolute atomic E-state index is 0.964. The van der Waals surface area contributed by atoms with Gasteiger partial charge in [0.15, 0.2) is 5.44 Å². The van der Waals surface area contributed by atoms with E-state index in [1.165, 1.54) is 38.5 Å². The monoisotopic (exact) mass is 481 g/mol. The number of aryl methyl sites for hydroxylation is 3. The van der Waals surface area contributed by atoms with Crippen LogP contribution in [0.5, 0.6) is 0 Å². The summed E-state index contributed by atoms with van der Waals surface area (Å²) < 4.78 is 4.82. The Labute approximate surface area is 207 Å². The largest absolute Gasteiger partial charge is 0.286 e. The molecule has 0 radical (unpaired) electrons. The van der Waals surface area contributed by atoms with Gasteiger partial charge in [0.1, 0.15) is 5.69 Å². The predicted octanol–water partition coefficient (Wildman–Crippen LogP) is 5.23. The van der Waals surface area contributed by atoms with Gasteiger partial charge in [0.05, 0.1) is 18.8 Å². The van der Waals surface area contributed by atoms with Gasteiger partial charge in [-0.1, -0.05) is 108 Å². The molecule has 0 fully saturated rings. The van der Waals surface area contributed by atoms with Crippen molar-refractivity contribution in [3.8, 4) is 0 Å². The number of nitrogens with zero attached hydrogens (tertiary/aromatic N) is 2. The maximum Gasteiger partial charge on any atom is 0.286 e. The molecule has 0 amide bonds. The van der Waals surface area contributed by atoms with E-state index in [9.17, 15) is 0 Å². The summed E-state index contributed by atoms with van der Waals surface area (Å²) in [6.07, 6.45) is 4.34. The first-order valence-corrected chi connectivity index (χ1v) is 14.7. The summed E-state index contributed by atoms with van der Waals surface area (Å²) in [5.74, 6) is 0. The van der Waals surface area contributed by atoms with E-state index < -0.39 is 6.04 Å². The molecular weight excluding hydrogens is 451 g/mol. The van der Waals surface area contributed by atoms with Crippen LogP contribution >= 0.6 is 6.04 Å². The number of rotatable bonds is 7. The summed E-state index contributed by atoms with van der Waals surface area (Å²) in [5.41, 5.74) is 6.46. The number of benzene rings is 3. The quantitative estimate of drug-likeness (QED) is 0.228. The smallest absolute Gasteiger partial charge is 0.227 e. The van der Waals surface area contributed by atoms with Gasteiger partial charge < -0.3 is 0 Å². The maximum atomic E-state index is 6.71. The van der Waals surface area contributed by atoms with Crippen LogP contribution in [0.1, 0.15) is 23.2 Å². The van der Waals surface area contributed by atoms with Crippen LogP contribution in [0, 0.1) is 13.8 Å². The Morgan fingerprint density at radius 1 is 0.765 bits per heavy atom. The van der Waals surface area contributed by atoms with E-state index >= 15 is 0 Å². The fourth-order valence-corrected chi connectivity index (χ4v) is 9.35. The second-order valence-corrected chi connectivity index (χ2v) is 13.2. The van der Waals surface area contributed by atoms with Crippen molar-refractivity contribution >= 4 is 39.5 Å². The molecule has 2 nitrogen and oxygen atoms in total. The third-order valence-electron chi connectivity index (χ3n) is 6.54. The van der Waals surface area contributed by atoms with Gasteiger partial charge >= 0.3 is 0 Å². The molecule has 4 heteroatoms. The van der Waals surface area contributed by atoms with Gasteiger partial charge in [0.25, 0.3) is 5.65 Å². The molecular formula is C30H30N2PS+. The van der Waals surface area contributed by atoms with E-state index in [0.717, 1.165) is 19.4 Å². The van der Waals surface area contributed by atoms with Crippen LogP contribution in [0.25, 0.3) is 5.65 Å². The van der Waals surface area contributed by atoms with Gasteiger partial charge in [-0.25, -0.2) is 4.57 Å². The lowest BCUT2D eigenvalue weighted by molar-refractivity contribution is -0.490. The minimum atomic E-state index is -2.26. The second kappa shape index (κ2) is 9.70. The summed E-state index contributed by atoms with van der Waals surface area (Å²) >= 11 is 6.71. The first kappa shape index (κ1) is 22.8. The normalized spacial score (nSPS) is 11.7. The average Bonchev–Trinajstić information content (AvgIpc) is 3.16. The third-order valence-corrected chi connectivity index (χ3v) is 11.5. The van der Waals surface area contributed by atoms with E-state index in [1.54, 1.807) is 0 Å². The Hall–Kier alpha value is -3.00. The molecule has 34 heavy (non-hydrogen) atoms. The molecule has 0 unspecified atom stereocenters. The molecule has 0 saturated carbocycles. The Morgan fingerprint density at radius 3 is 2.06 bits per heavy atom. The molecule has 0 aliphatic heterocycles. The predicted molar refractivity (Wildman–Crippen MR) is 148 cm³/mol. The number of hydrogen-bond donors (Lipinski definition) is 0. The highest BCUT2D eigenvalue weighted by Gasteiger charge is 2.36. The van der Waals surface area contributed by atoms with Gasteiger partial charge in [-0.15, -0.1) is 0 Å². The molecule has 0 spiro atoms. The average molecular weight is 482 g/mol. The molecule has 0 bridgehead atoms. The van der Waals surface area contributed by atoms with Crippen molar-refractivity contribution in [2.45, 2.75) is 33.2 Å². The summed E-state index contributed by atoms with van der Waals surface area (Å²) in [4.78, 5) is 0. The van der Waals surface area contributed by atoms with E-state index in [0.29, 0.717) is 0 Å². The Morgan fingerprint density at radius 2 is 1.41 bits per heavy atom. The van der Waals surface area contributed by atoms with Gasteiger partial charge in [-0.3, -0.25) is 0 Å². The van der Waals surface area contributed by atoms with Crippen molar-refractivity contribution < 1.29 is 4.40 Å². The summed E-state index contributed by atoms with van der Waals surface area (Å²) in [5, 5.41) is 2.46. The fraction of sp³-hybridized carbons (Fsp3) is 0.167. The van der Waals surface area contributed by atoms with E-state index in [1.807, 2.05) is 0 Å².